The fourth-order valence-corrected chi connectivity index (χ4v) is 4.96. The van der Waals surface area contributed by atoms with Crippen molar-refractivity contribution < 1.29 is 9.53 Å². The molecule has 1 fully saturated rings. The highest BCUT2D eigenvalue weighted by Gasteiger charge is 2.22. The van der Waals surface area contributed by atoms with Gasteiger partial charge in [0.1, 0.15) is 12.4 Å². The highest BCUT2D eigenvalue weighted by molar-refractivity contribution is 5.94. The van der Waals surface area contributed by atoms with Gasteiger partial charge in [0.25, 0.3) is 5.91 Å². The summed E-state index contributed by atoms with van der Waals surface area (Å²) in [6.45, 7) is 6.39. The van der Waals surface area contributed by atoms with Crippen LogP contribution in [0.4, 0.5) is 0 Å². The third-order valence-electron chi connectivity index (χ3n) is 6.92. The lowest BCUT2D eigenvalue weighted by Crippen LogP contribution is -2.49. The van der Waals surface area contributed by atoms with Crippen molar-refractivity contribution in [3.63, 3.8) is 0 Å². The normalized spacial score (nSPS) is 14.3. The Hall–Kier alpha value is -3.74. The van der Waals surface area contributed by atoms with Gasteiger partial charge in [0.05, 0.1) is 5.56 Å². The average Bonchev–Trinajstić information content (AvgIpc) is 2.94. The van der Waals surface area contributed by atoms with Crippen molar-refractivity contribution in [3.8, 4) is 5.75 Å². The molecular formula is C31H34N4O2. The number of rotatable bonds is 9. The van der Waals surface area contributed by atoms with Crippen LogP contribution >= 0.6 is 0 Å². The number of benzene rings is 3. The van der Waals surface area contributed by atoms with Crippen LogP contribution in [0.15, 0.2) is 91.3 Å². The lowest BCUT2D eigenvalue weighted by molar-refractivity contribution is 0.0620. The number of ether oxygens (including phenoxy) is 1. The number of carbonyl (C=O) groups excluding carboxylic acids is 1. The first-order valence-corrected chi connectivity index (χ1v) is 12.9. The second kappa shape index (κ2) is 12.0. The minimum absolute atomic E-state index is 0.0613. The van der Waals surface area contributed by atoms with Gasteiger partial charge < -0.3 is 9.64 Å². The molecule has 2 heterocycles. The quantitative estimate of drug-likeness (QED) is 0.338. The molecule has 0 spiro atoms. The van der Waals surface area contributed by atoms with E-state index in [4.69, 9.17) is 4.74 Å². The predicted octanol–water partition coefficient (Wildman–Crippen LogP) is 4.70. The predicted molar refractivity (Wildman–Crippen MR) is 148 cm³/mol. The molecule has 5 rings (SSSR count). The molecule has 0 atom stereocenters. The summed E-state index contributed by atoms with van der Waals surface area (Å²) in [6.07, 6.45) is 3.33. The zero-order valence-electron chi connectivity index (χ0n) is 21.4. The first-order valence-electron chi connectivity index (χ1n) is 12.9. The van der Waals surface area contributed by atoms with Crippen LogP contribution in [-0.4, -0.2) is 72.0 Å². The van der Waals surface area contributed by atoms with E-state index in [1.54, 1.807) is 18.5 Å². The SMILES string of the molecule is CN(Cc1cccc(OCCN2CCN(C(=O)c3cccnc3)CC2)c1)Cc1cccc2ccccc12. The molecule has 4 aromatic rings. The van der Waals surface area contributed by atoms with Gasteiger partial charge in [-0.25, -0.2) is 0 Å². The number of fused-ring (bicyclic) bond motifs is 1. The molecule has 190 valence electrons. The van der Waals surface area contributed by atoms with Crippen LogP contribution in [0.2, 0.25) is 0 Å². The van der Waals surface area contributed by atoms with Gasteiger partial charge in [-0.2, -0.15) is 0 Å². The maximum Gasteiger partial charge on any atom is 0.255 e. The van der Waals surface area contributed by atoms with Crippen LogP contribution in [0.1, 0.15) is 21.5 Å². The van der Waals surface area contributed by atoms with Gasteiger partial charge in [0, 0.05) is 58.2 Å². The highest BCUT2D eigenvalue weighted by Crippen LogP contribution is 2.21. The molecule has 3 aromatic carbocycles. The molecule has 0 bridgehead atoms. The molecule has 1 aromatic heterocycles. The van der Waals surface area contributed by atoms with Crippen LogP contribution in [0.5, 0.6) is 5.75 Å². The van der Waals surface area contributed by atoms with Crippen molar-refractivity contribution in [2.75, 3.05) is 46.4 Å². The Balaban J connectivity index is 1.07. The van der Waals surface area contributed by atoms with E-state index >= 15 is 0 Å². The maximum absolute atomic E-state index is 12.6. The molecular weight excluding hydrogens is 460 g/mol. The Kier molecular flexibility index (Phi) is 8.08. The zero-order chi connectivity index (χ0) is 25.5. The standard InChI is InChI=1S/C31H34N4O2/c1-33(24-28-10-5-9-26-8-2-3-13-30(26)28)23-25-7-4-12-29(21-25)37-20-19-34-15-17-35(18-16-34)31(36)27-11-6-14-32-22-27/h2-14,21-22H,15-20,23-24H2,1H3. The van der Waals surface area contributed by atoms with E-state index in [0.717, 1.165) is 51.6 Å². The Morgan fingerprint density at radius 2 is 1.73 bits per heavy atom. The third-order valence-corrected chi connectivity index (χ3v) is 6.92. The molecule has 37 heavy (non-hydrogen) atoms. The van der Waals surface area contributed by atoms with E-state index in [9.17, 15) is 4.79 Å². The van der Waals surface area contributed by atoms with Crippen LogP contribution in [0, 0.1) is 0 Å². The Morgan fingerprint density at radius 1 is 0.919 bits per heavy atom. The van der Waals surface area contributed by atoms with Crippen molar-refractivity contribution in [1.29, 1.82) is 0 Å². The first-order chi connectivity index (χ1) is 18.2. The van der Waals surface area contributed by atoms with Gasteiger partial charge in [-0.15, -0.1) is 0 Å². The third kappa shape index (κ3) is 6.53. The number of nitrogens with zero attached hydrogens (tertiary/aromatic N) is 4. The number of hydrogen-bond acceptors (Lipinski definition) is 5. The molecule has 1 aliphatic heterocycles. The number of aromatic nitrogens is 1. The second-order valence-electron chi connectivity index (χ2n) is 9.68. The van der Waals surface area contributed by atoms with Gasteiger partial charge in [-0.05, 0) is 53.2 Å². The summed E-state index contributed by atoms with van der Waals surface area (Å²) in [5, 5.41) is 2.60. The topological polar surface area (TPSA) is 48.9 Å². The zero-order valence-corrected chi connectivity index (χ0v) is 21.4. The van der Waals surface area contributed by atoms with Gasteiger partial charge >= 0.3 is 0 Å². The summed E-state index contributed by atoms with van der Waals surface area (Å²) in [4.78, 5) is 23.3. The molecule has 0 aliphatic carbocycles. The van der Waals surface area contributed by atoms with Crippen molar-refractivity contribution in [2.24, 2.45) is 0 Å². The number of piperazine rings is 1. The molecule has 6 nitrogen and oxygen atoms in total. The van der Waals surface area contributed by atoms with E-state index < -0.39 is 0 Å². The van der Waals surface area contributed by atoms with Gasteiger partial charge in [0.15, 0.2) is 0 Å². The largest absolute Gasteiger partial charge is 0.492 e. The maximum atomic E-state index is 12.6. The number of carbonyl (C=O) groups is 1. The molecule has 1 aliphatic rings. The fraction of sp³-hybridized carbons (Fsp3) is 0.290. The minimum atomic E-state index is 0.0613. The molecule has 0 unspecified atom stereocenters. The number of amides is 1. The first kappa shape index (κ1) is 24.9. The molecule has 0 radical (unpaired) electrons. The monoisotopic (exact) mass is 494 g/mol. The lowest BCUT2D eigenvalue weighted by atomic mass is 10.0. The van der Waals surface area contributed by atoms with Crippen LogP contribution in [-0.2, 0) is 13.1 Å². The van der Waals surface area contributed by atoms with E-state index in [-0.39, 0.29) is 5.91 Å². The van der Waals surface area contributed by atoms with E-state index in [0.29, 0.717) is 12.2 Å². The number of pyridine rings is 1. The van der Waals surface area contributed by atoms with Crippen molar-refractivity contribution in [2.45, 2.75) is 13.1 Å². The summed E-state index contributed by atoms with van der Waals surface area (Å²) in [5.74, 6) is 0.965. The van der Waals surface area contributed by atoms with Crippen LogP contribution in [0.25, 0.3) is 10.8 Å². The molecule has 0 N–H and O–H groups in total. The van der Waals surface area contributed by atoms with E-state index in [2.05, 4.69) is 82.5 Å². The Morgan fingerprint density at radius 3 is 2.57 bits per heavy atom. The van der Waals surface area contributed by atoms with Gasteiger partial charge in [-0.3, -0.25) is 19.6 Å². The highest BCUT2D eigenvalue weighted by atomic mass is 16.5. The summed E-state index contributed by atoms with van der Waals surface area (Å²) >= 11 is 0. The van der Waals surface area contributed by atoms with Gasteiger partial charge in [-0.1, -0.05) is 54.6 Å². The van der Waals surface area contributed by atoms with Crippen LogP contribution < -0.4 is 4.74 Å². The fourth-order valence-electron chi connectivity index (χ4n) is 4.96. The van der Waals surface area contributed by atoms with Crippen molar-refractivity contribution in [1.82, 2.24) is 19.7 Å². The summed E-state index contributed by atoms with van der Waals surface area (Å²) in [6, 6.07) is 27.1. The molecule has 1 saturated heterocycles. The minimum Gasteiger partial charge on any atom is -0.492 e. The summed E-state index contributed by atoms with van der Waals surface area (Å²) in [7, 11) is 2.16. The second-order valence-corrected chi connectivity index (χ2v) is 9.68. The Labute approximate surface area is 219 Å². The average molecular weight is 495 g/mol. The smallest absolute Gasteiger partial charge is 0.255 e. The summed E-state index contributed by atoms with van der Waals surface area (Å²) in [5.41, 5.74) is 3.24. The lowest BCUT2D eigenvalue weighted by Gasteiger charge is -2.34. The summed E-state index contributed by atoms with van der Waals surface area (Å²) < 4.78 is 6.10. The number of hydrogen-bond donors (Lipinski definition) is 0. The van der Waals surface area contributed by atoms with E-state index in [1.165, 1.54) is 21.9 Å². The Bertz CT molecular complexity index is 1310. The molecule has 0 saturated carbocycles. The van der Waals surface area contributed by atoms with E-state index in [1.807, 2.05) is 17.0 Å². The van der Waals surface area contributed by atoms with Crippen molar-refractivity contribution >= 4 is 16.7 Å². The van der Waals surface area contributed by atoms with Crippen LogP contribution in [0.3, 0.4) is 0 Å². The van der Waals surface area contributed by atoms with Crippen molar-refractivity contribution in [3.05, 3.63) is 108 Å². The molecule has 1 amide bonds. The molecule has 6 heteroatoms. The van der Waals surface area contributed by atoms with Gasteiger partial charge in [0.2, 0.25) is 0 Å².